The summed E-state index contributed by atoms with van der Waals surface area (Å²) >= 11 is 0. The van der Waals surface area contributed by atoms with Crippen molar-refractivity contribution in [3.8, 4) is 22.6 Å². The van der Waals surface area contributed by atoms with E-state index in [2.05, 4.69) is 4.74 Å². The predicted octanol–water partition coefficient (Wildman–Crippen LogP) is 4.62. The van der Waals surface area contributed by atoms with E-state index in [0.717, 1.165) is 5.56 Å². The Morgan fingerprint density at radius 1 is 0.955 bits per heavy atom. The van der Waals surface area contributed by atoms with Gasteiger partial charge in [0.2, 0.25) is 0 Å². The standard InChI is InChI=1S/C16H16F3NO2/c1-10(2)21-15-9-12(11-4-3-5-13(20)8-11)6-7-14(15)22-16(17,18)19/h3-10H,20H2,1-2H3. The Balaban J connectivity index is 2.42. The van der Waals surface area contributed by atoms with Gasteiger partial charge in [0.25, 0.3) is 0 Å². The maximum Gasteiger partial charge on any atom is 0.573 e. The van der Waals surface area contributed by atoms with E-state index in [0.29, 0.717) is 11.3 Å². The molecule has 0 saturated carbocycles. The van der Waals surface area contributed by atoms with E-state index in [1.807, 2.05) is 6.07 Å². The maximum absolute atomic E-state index is 12.4. The topological polar surface area (TPSA) is 44.5 Å². The highest BCUT2D eigenvalue weighted by molar-refractivity contribution is 5.70. The lowest BCUT2D eigenvalue weighted by Crippen LogP contribution is -2.18. The summed E-state index contributed by atoms with van der Waals surface area (Å²) in [5, 5.41) is 0. The zero-order valence-corrected chi connectivity index (χ0v) is 12.1. The van der Waals surface area contributed by atoms with Crippen LogP contribution in [-0.2, 0) is 0 Å². The summed E-state index contributed by atoms with van der Waals surface area (Å²) in [5.41, 5.74) is 7.77. The third kappa shape index (κ3) is 4.31. The Kier molecular flexibility index (Phi) is 4.49. The van der Waals surface area contributed by atoms with Gasteiger partial charge in [-0.15, -0.1) is 13.2 Å². The predicted molar refractivity (Wildman–Crippen MR) is 78.7 cm³/mol. The number of hydrogen-bond acceptors (Lipinski definition) is 3. The summed E-state index contributed by atoms with van der Waals surface area (Å²) in [6, 6.07) is 11.3. The van der Waals surface area contributed by atoms with Gasteiger partial charge in [0.15, 0.2) is 11.5 Å². The molecule has 2 rings (SSSR count). The lowest BCUT2D eigenvalue weighted by atomic mass is 10.0. The molecule has 118 valence electrons. The van der Waals surface area contributed by atoms with Crippen molar-refractivity contribution >= 4 is 5.69 Å². The van der Waals surface area contributed by atoms with Crippen molar-refractivity contribution < 1.29 is 22.6 Å². The largest absolute Gasteiger partial charge is 0.573 e. The molecule has 2 aromatic rings. The number of nitrogens with two attached hydrogens (primary N) is 1. The van der Waals surface area contributed by atoms with Gasteiger partial charge < -0.3 is 15.2 Å². The van der Waals surface area contributed by atoms with Crippen LogP contribution in [0.1, 0.15) is 13.8 Å². The fraction of sp³-hybridized carbons (Fsp3) is 0.250. The molecular formula is C16H16F3NO2. The molecular weight excluding hydrogens is 295 g/mol. The highest BCUT2D eigenvalue weighted by Crippen LogP contribution is 2.36. The Labute approximate surface area is 126 Å². The van der Waals surface area contributed by atoms with Crippen LogP contribution in [0.25, 0.3) is 11.1 Å². The highest BCUT2D eigenvalue weighted by atomic mass is 19.4. The first-order valence-corrected chi connectivity index (χ1v) is 6.67. The number of hydrogen-bond donors (Lipinski definition) is 1. The minimum Gasteiger partial charge on any atom is -0.487 e. The molecule has 0 aliphatic heterocycles. The molecule has 0 atom stereocenters. The van der Waals surface area contributed by atoms with E-state index < -0.39 is 6.36 Å². The Morgan fingerprint density at radius 2 is 1.64 bits per heavy atom. The van der Waals surface area contributed by atoms with Crippen LogP contribution in [0.3, 0.4) is 0 Å². The van der Waals surface area contributed by atoms with Crippen LogP contribution in [0.5, 0.6) is 11.5 Å². The lowest BCUT2D eigenvalue weighted by molar-refractivity contribution is -0.275. The fourth-order valence-corrected chi connectivity index (χ4v) is 1.96. The third-order valence-electron chi connectivity index (χ3n) is 2.75. The first-order valence-electron chi connectivity index (χ1n) is 6.67. The molecule has 0 amide bonds. The number of halogens is 3. The summed E-state index contributed by atoms with van der Waals surface area (Å²) in [6.45, 7) is 3.45. The third-order valence-corrected chi connectivity index (χ3v) is 2.75. The molecule has 2 N–H and O–H groups in total. The van der Waals surface area contributed by atoms with Gasteiger partial charge in [-0.2, -0.15) is 0 Å². The molecule has 3 nitrogen and oxygen atoms in total. The quantitative estimate of drug-likeness (QED) is 0.838. The molecule has 0 fully saturated rings. The summed E-state index contributed by atoms with van der Waals surface area (Å²) in [6.07, 6.45) is -5.06. The van der Waals surface area contributed by atoms with Crippen LogP contribution in [0.2, 0.25) is 0 Å². The van der Waals surface area contributed by atoms with Gasteiger partial charge >= 0.3 is 6.36 Å². The van der Waals surface area contributed by atoms with Crippen LogP contribution >= 0.6 is 0 Å². The van der Waals surface area contributed by atoms with Gasteiger partial charge in [-0.3, -0.25) is 0 Å². The van der Waals surface area contributed by atoms with E-state index in [1.165, 1.54) is 18.2 Å². The van der Waals surface area contributed by atoms with E-state index in [-0.39, 0.29) is 17.6 Å². The molecule has 0 saturated heterocycles. The Morgan fingerprint density at radius 3 is 2.23 bits per heavy atom. The monoisotopic (exact) mass is 311 g/mol. The molecule has 0 radical (unpaired) electrons. The van der Waals surface area contributed by atoms with Gasteiger partial charge in [0, 0.05) is 5.69 Å². The lowest BCUT2D eigenvalue weighted by Gasteiger charge is -2.17. The molecule has 0 aliphatic carbocycles. The summed E-state index contributed by atoms with van der Waals surface area (Å²) in [4.78, 5) is 0. The normalized spacial score (nSPS) is 11.5. The van der Waals surface area contributed by atoms with Crippen molar-refractivity contribution in [2.24, 2.45) is 0 Å². The minimum atomic E-state index is -4.77. The molecule has 0 aliphatic rings. The van der Waals surface area contributed by atoms with Crippen molar-refractivity contribution in [2.45, 2.75) is 26.3 Å². The number of benzene rings is 2. The zero-order valence-electron chi connectivity index (χ0n) is 12.1. The number of anilines is 1. The summed E-state index contributed by atoms with van der Waals surface area (Å²) in [7, 11) is 0. The average Bonchev–Trinajstić information content (AvgIpc) is 2.38. The summed E-state index contributed by atoms with van der Waals surface area (Å²) in [5.74, 6) is -0.332. The van der Waals surface area contributed by atoms with Crippen molar-refractivity contribution in [2.75, 3.05) is 5.73 Å². The Hall–Kier alpha value is -2.37. The molecule has 6 heteroatoms. The van der Waals surface area contributed by atoms with Crippen LogP contribution in [0.4, 0.5) is 18.9 Å². The Bertz CT molecular complexity index is 654. The number of nitrogen functional groups attached to an aromatic ring is 1. The first kappa shape index (κ1) is 16.0. The van der Waals surface area contributed by atoms with Gasteiger partial charge in [0.05, 0.1) is 6.10 Å². The second kappa shape index (κ2) is 6.17. The average molecular weight is 311 g/mol. The van der Waals surface area contributed by atoms with Crippen molar-refractivity contribution in [1.29, 1.82) is 0 Å². The van der Waals surface area contributed by atoms with Gasteiger partial charge in [-0.25, -0.2) is 0 Å². The zero-order chi connectivity index (χ0) is 16.3. The van der Waals surface area contributed by atoms with E-state index in [9.17, 15) is 13.2 Å². The molecule has 0 bridgehead atoms. The highest BCUT2D eigenvalue weighted by Gasteiger charge is 2.32. The van der Waals surface area contributed by atoms with Crippen molar-refractivity contribution in [1.82, 2.24) is 0 Å². The van der Waals surface area contributed by atoms with Crippen LogP contribution in [-0.4, -0.2) is 12.5 Å². The van der Waals surface area contributed by atoms with E-state index in [4.69, 9.17) is 10.5 Å². The molecule has 22 heavy (non-hydrogen) atoms. The van der Waals surface area contributed by atoms with Crippen molar-refractivity contribution in [3.05, 3.63) is 42.5 Å². The van der Waals surface area contributed by atoms with Gasteiger partial charge in [-0.1, -0.05) is 18.2 Å². The maximum atomic E-state index is 12.4. The van der Waals surface area contributed by atoms with Gasteiger partial charge in [0.1, 0.15) is 0 Å². The molecule has 2 aromatic carbocycles. The van der Waals surface area contributed by atoms with Crippen LogP contribution in [0, 0.1) is 0 Å². The summed E-state index contributed by atoms with van der Waals surface area (Å²) < 4.78 is 46.7. The molecule has 0 heterocycles. The second-order valence-electron chi connectivity index (χ2n) is 5.00. The van der Waals surface area contributed by atoms with E-state index in [1.54, 1.807) is 32.0 Å². The number of rotatable bonds is 4. The van der Waals surface area contributed by atoms with Crippen LogP contribution < -0.4 is 15.2 Å². The van der Waals surface area contributed by atoms with Crippen LogP contribution in [0.15, 0.2) is 42.5 Å². The minimum absolute atomic E-state index is 0.0345. The second-order valence-corrected chi connectivity index (χ2v) is 5.00. The first-order chi connectivity index (χ1) is 10.2. The number of alkyl halides is 3. The van der Waals surface area contributed by atoms with Crippen molar-refractivity contribution in [3.63, 3.8) is 0 Å². The molecule has 0 unspecified atom stereocenters. The fourth-order valence-electron chi connectivity index (χ4n) is 1.96. The number of ether oxygens (including phenoxy) is 2. The molecule has 0 aromatic heterocycles. The smallest absolute Gasteiger partial charge is 0.487 e. The molecule has 0 spiro atoms. The SMILES string of the molecule is CC(C)Oc1cc(-c2cccc(N)c2)ccc1OC(F)(F)F. The van der Waals surface area contributed by atoms with Gasteiger partial charge in [-0.05, 0) is 49.2 Å². The van der Waals surface area contributed by atoms with E-state index >= 15 is 0 Å².